The Morgan fingerprint density at radius 1 is 1.42 bits per heavy atom. The zero-order chi connectivity index (χ0) is 19.5. The van der Waals surface area contributed by atoms with Gasteiger partial charge in [0.05, 0.1) is 12.4 Å². The monoisotopic (exact) mass is 376 g/mol. The number of allylic oxidation sites excluding steroid dienone is 2. The number of amides is 2. The predicted octanol–water partition coefficient (Wildman–Crippen LogP) is 1.98. The number of anilines is 1. The van der Waals surface area contributed by atoms with Gasteiger partial charge in [0.1, 0.15) is 11.6 Å². The van der Waals surface area contributed by atoms with Gasteiger partial charge < -0.3 is 10.5 Å². The van der Waals surface area contributed by atoms with Crippen molar-refractivity contribution in [3.8, 4) is 6.07 Å². The first-order chi connectivity index (χ1) is 12.2. The lowest BCUT2D eigenvalue weighted by molar-refractivity contribution is -0.129. The van der Waals surface area contributed by atoms with Gasteiger partial charge in [0.2, 0.25) is 0 Å². The Kier molecular flexibility index (Phi) is 5.66. The van der Waals surface area contributed by atoms with Crippen molar-refractivity contribution in [3.63, 3.8) is 0 Å². The number of nitriles is 1. The van der Waals surface area contributed by atoms with Gasteiger partial charge in [0.15, 0.2) is 17.2 Å². The molecule has 138 valence electrons. The molecule has 0 saturated carbocycles. The van der Waals surface area contributed by atoms with Gasteiger partial charge in [-0.05, 0) is 46.2 Å². The quantitative estimate of drug-likeness (QED) is 0.787. The van der Waals surface area contributed by atoms with Crippen LogP contribution in [-0.2, 0) is 4.74 Å². The predicted molar refractivity (Wildman–Crippen MR) is 98.3 cm³/mol. The molecule has 2 atom stereocenters. The van der Waals surface area contributed by atoms with Crippen LogP contribution in [0.2, 0.25) is 0 Å². The largest absolute Gasteiger partial charge is 0.354 e. The van der Waals surface area contributed by atoms with E-state index in [0.29, 0.717) is 11.6 Å². The molecule has 0 aromatic carbocycles. The highest BCUT2D eigenvalue weighted by Gasteiger charge is 2.55. The number of aromatic nitrogens is 2. The van der Waals surface area contributed by atoms with E-state index in [0.717, 1.165) is 0 Å². The normalized spacial score (nSPS) is 24.9. The van der Waals surface area contributed by atoms with E-state index in [9.17, 15) is 4.79 Å². The number of urea groups is 1. The molecule has 1 aliphatic rings. The third-order valence-corrected chi connectivity index (χ3v) is 4.54. The molecule has 1 aromatic rings. The minimum absolute atomic E-state index is 0.129. The van der Waals surface area contributed by atoms with Crippen molar-refractivity contribution < 1.29 is 9.53 Å². The van der Waals surface area contributed by atoms with Crippen molar-refractivity contribution in [2.75, 3.05) is 25.6 Å². The van der Waals surface area contributed by atoms with Crippen molar-refractivity contribution in [1.29, 1.82) is 5.26 Å². The average molecular weight is 377 g/mol. The number of carbonyl (C=O) groups is 1. The van der Waals surface area contributed by atoms with Crippen LogP contribution >= 0.6 is 11.6 Å². The van der Waals surface area contributed by atoms with Crippen molar-refractivity contribution in [1.82, 2.24) is 14.9 Å². The molecule has 0 fully saturated rings. The number of nitrogens with two attached hydrogens (primary N) is 1. The van der Waals surface area contributed by atoms with Crippen molar-refractivity contribution in [2.45, 2.75) is 25.1 Å². The zero-order valence-electron chi connectivity index (χ0n) is 15.1. The van der Waals surface area contributed by atoms with E-state index in [4.69, 9.17) is 27.3 Å². The molecule has 0 radical (unpaired) electrons. The van der Waals surface area contributed by atoms with Gasteiger partial charge in [-0.25, -0.2) is 14.8 Å². The number of ether oxygens (including phenoxy) is 1. The van der Waals surface area contributed by atoms with Crippen LogP contribution in [0.15, 0.2) is 35.7 Å². The number of hydrogen-bond donors (Lipinski definition) is 1. The lowest BCUT2D eigenvalue weighted by atomic mass is 9.81. The molecular weight excluding hydrogens is 356 g/mol. The van der Waals surface area contributed by atoms with E-state index in [1.165, 1.54) is 17.3 Å². The lowest BCUT2D eigenvalue weighted by Crippen LogP contribution is -2.70. The number of carbonyl (C=O) groups excluding carboxylic acids is 1. The van der Waals surface area contributed by atoms with Gasteiger partial charge in [-0.1, -0.05) is 11.6 Å². The molecule has 2 N–H and O–H groups in total. The molecule has 26 heavy (non-hydrogen) atoms. The van der Waals surface area contributed by atoms with Crippen LogP contribution in [0, 0.1) is 11.3 Å². The molecule has 0 bridgehead atoms. The van der Waals surface area contributed by atoms with E-state index < -0.39 is 17.3 Å². The summed E-state index contributed by atoms with van der Waals surface area (Å²) >= 11 is 6.26. The second kappa shape index (κ2) is 7.41. The Balaban J connectivity index is 2.70. The van der Waals surface area contributed by atoms with Crippen LogP contribution in [-0.4, -0.2) is 52.9 Å². The second-order valence-electron chi connectivity index (χ2n) is 6.08. The smallest absolute Gasteiger partial charge is 0.321 e. The highest BCUT2D eigenvalue weighted by atomic mass is 35.5. The number of primary amides is 1. The first kappa shape index (κ1) is 19.8. The minimum atomic E-state index is -1.13. The van der Waals surface area contributed by atoms with Crippen LogP contribution < -0.4 is 10.6 Å². The molecule has 1 heterocycles. The lowest BCUT2D eigenvalue weighted by Gasteiger charge is -2.54. The fraction of sp³-hybridized carbons (Fsp3) is 0.412. The van der Waals surface area contributed by atoms with E-state index in [-0.39, 0.29) is 11.5 Å². The van der Waals surface area contributed by atoms with Crippen LogP contribution in [0.5, 0.6) is 0 Å². The maximum Gasteiger partial charge on any atom is 0.321 e. The average Bonchev–Trinajstić information content (AvgIpc) is 2.57. The molecule has 9 heteroatoms. The topological polar surface area (TPSA) is 108 Å². The first-order valence-corrected chi connectivity index (χ1v) is 8.30. The van der Waals surface area contributed by atoms with Gasteiger partial charge in [0, 0.05) is 11.6 Å². The molecule has 2 unspecified atom stereocenters. The SMILES string of the molecule is CCOC1(N(C)C)C=CC(Cl)=CC1(C)N(C(N)=O)c1cnc(C#N)cn1. The molecule has 1 aliphatic carbocycles. The Labute approximate surface area is 157 Å². The summed E-state index contributed by atoms with van der Waals surface area (Å²) in [5, 5.41) is 9.34. The summed E-state index contributed by atoms with van der Waals surface area (Å²) in [5.41, 5.74) is 3.65. The standard InChI is InChI=1S/C17H21ClN6O2/c1-5-26-17(23(3)4)7-6-12(18)8-16(17,2)24(15(20)25)14-11-21-13(9-19)10-22-14/h6-8,10-11H,5H2,1-4H3,(H2,20,25). The summed E-state index contributed by atoms with van der Waals surface area (Å²) < 4.78 is 6.08. The van der Waals surface area contributed by atoms with E-state index >= 15 is 0 Å². The zero-order valence-corrected chi connectivity index (χ0v) is 15.9. The Hall–Kier alpha value is -2.47. The third kappa shape index (κ3) is 3.17. The molecule has 0 spiro atoms. The Morgan fingerprint density at radius 2 is 2.12 bits per heavy atom. The number of likely N-dealkylation sites (N-methyl/N-ethyl adjacent to an activating group) is 1. The molecule has 1 aromatic heterocycles. The van der Waals surface area contributed by atoms with Crippen LogP contribution in [0.25, 0.3) is 0 Å². The van der Waals surface area contributed by atoms with Crippen molar-refractivity contribution in [3.05, 3.63) is 41.3 Å². The van der Waals surface area contributed by atoms with Gasteiger partial charge in [-0.2, -0.15) is 5.26 Å². The number of halogens is 1. The molecule has 0 aliphatic heterocycles. The summed E-state index contributed by atoms with van der Waals surface area (Å²) in [6, 6.07) is 1.13. The van der Waals surface area contributed by atoms with Gasteiger partial charge >= 0.3 is 6.03 Å². The fourth-order valence-corrected chi connectivity index (χ4v) is 3.50. The molecular formula is C17H21ClN6O2. The van der Waals surface area contributed by atoms with E-state index in [1.807, 2.05) is 32.0 Å². The summed E-state index contributed by atoms with van der Waals surface area (Å²) in [6.07, 6.45) is 7.78. The summed E-state index contributed by atoms with van der Waals surface area (Å²) in [5.74, 6) is 0.181. The molecule has 2 rings (SSSR count). The highest BCUT2D eigenvalue weighted by molar-refractivity contribution is 6.31. The van der Waals surface area contributed by atoms with Crippen molar-refractivity contribution in [2.24, 2.45) is 5.73 Å². The van der Waals surface area contributed by atoms with Crippen LogP contribution in [0.1, 0.15) is 19.5 Å². The van der Waals surface area contributed by atoms with Gasteiger partial charge in [-0.15, -0.1) is 0 Å². The summed E-state index contributed by atoms with van der Waals surface area (Å²) in [7, 11) is 3.66. The van der Waals surface area contributed by atoms with E-state index in [1.54, 1.807) is 25.2 Å². The number of rotatable bonds is 5. The molecule has 8 nitrogen and oxygen atoms in total. The van der Waals surface area contributed by atoms with E-state index in [2.05, 4.69) is 9.97 Å². The summed E-state index contributed by atoms with van der Waals surface area (Å²) in [6.45, 7) is 4.02. The number of nitrogens with zero attached hydrogens (tertiary/aromatic N) is 5. The molecule has 0 saturated heterocycles. The Bertz CT molecular complexity index is 785. The number of hydrogen-bond acceptors (Lipinski definition) is 6. The maximum atomic E-state index is 12.4. The third-order valence-electron chi connectivity index (χ3n) is 4.31. The maximum absolute atomic E-state index is 12.4. The fourth-order valence-electron chi connectivity index (χ4n) is 3.23. The first-order valence-electron chi connectivity index (χ1n) is 7.92. The minimum Gasteiger partial charge on any atom is -0.354 e. The van der Waals surface area contributed by atoms with Crippen LogP contribution in [0.4, 0.5) is 10.6 Å². The highest BCUT2D eigenvalue weighted by Crippen LogP contribution is 2.42. The van der Waals surface area contributed by atoms with Crippen LogP contribution in [0.3, 0.4) is 0 Å². The van der Waals surface area contributed by atoms with Gasteiger partial charge in [-0.3, -0.25) is 9.80 Å². The van der Waals surface area contributed by atoms with Gasteiger partial charge in [0.25, 0.3) is 0 Å². The summed E-state index contributed by atoms with van der Waals surface area (Å²) in [4.78, 5) is 23.7. The van der Waals surface area contributed by atoms with Crippen molar-refractivity contribution >= 4 is 23.4 Å². The second-order valence-corrected chi connectivity index (χ2v) is 6.52. The molecule has 2 amide bonds. The Morgan fingerprint density at radius 3 is 2.58 bits per heavy atom.